The molecule has 0 saturated heterocycles. The van der Waals surface area contributed by atoms with Crippen LogP contribution < -0.4 is 10.6 Å². The number of hydrogen-bond acceptors (Lipinski definition) is 6. The molecule has 1 aliphatic carbocycles. The second-order valence-electron chi connectivity index (χ2n) is 7.65. The number of amides is 2. The molecule has 3 aromatic rings. The van der Waals surface area contributed by atoms with E-state index in [-0.39, 0.29) is 17.7 Å². The molecule has 2 N–H and O–H groups in total. The Morgan fingerprint density at radius 1 is 1.00 bits per heavy atom. The highest BCUT2D eigenvalue weighted by Gasteiger charge is 2.30. The average molecular weight is 450 g/mol. The summed E-state index contributed by atoms with van der Waals surface area (Å²) in [6, 6.07) is 13.9. The molecule has 1 aromatic heterocycles. The standard InChI is InChI=1S/C24H23N3O4S/c1-14-6-8-15(9-7-14)21(28)27-24-26-20-18(4-3-5-19(20)32-24)22(29)25-17-12-10-16(11-13-17)23(30)31-2/h6-13,18H,3-5H2,1-2H3,(H,25,29)(H,26,27,28). The van der Waals surface area contributed by atoms with Gasteiger partial charge in [0.2, 0.25) is 5.91 Å². The first-order valence-electron chi connectivity index (χ1n) is 10.3. The fourth-order valence-electron chi connectivity index (χ4n) is 3.64. The fraction of sp³-hybridized carbons (Fsp3) is 0.250. The number of hydrogen-bond donors (Lipinski definition) is 2. The van der Waals surface area contributed by atoms with Gasteiger partial charge in [0.1, 0.15) is 0 Å². The minimum Gasteiger partial charge on any atom is -0.465 e. The summed E-state index contributed by atoms with van der Waals surface area (Å²) >= 11 is 1.42. The zero-order valence-corrected chi connectivity index (χ0v) is 18.6. The first-order valence-corrected chi connectivity index (χ1v) is 11.1. The van der Waals surface area contributed by atoms with Gasteiger partial charge in [-0.15, -0.1) is 11.3 Å². The molecule has 7 nitrogen and oxygen atoms in total. The van der Waals surface area contributed by atoms with Crippen molar-refractivity contribution >= 4 is 39.9 Å². The van der Waals surface area contributed by atoms with E-state index < -0.39 is 5.97 Å². The zero-order valence-electron chi connectivity index (χ0n) is 17.8. The summed E-state index contributed by atoms with van der Waals surface area (Å²) in [6.45, 7) is 1.97. The van der Waals surface area contributed by atoms with Crippen LogP contribution in [-0.4, -0.2) is 29.9 Å². The van der Waals surface area contributed by atoms with Gasteiger partial charge in [0.05, 0.1) is 24.3 Å². The molecule has 8 heteroatoms. The Hall–Kier alpha value is -3.52. The van der Waals surface area contributed by atoms with E-state index in [2.05, 4.69) is 15.6 Å². The second kappa shape index (κ2) is 9.32. The summed E-state index contributed by atoms with van der Waals surface area (Å²) in [4.78, 5) is 42.7. The molecule has 0 fully saturated rings. The van der Waals surface area contributed by atoms with E-state index in [9.17, 15) is 14.4 Å². The van der Waals surface area contributed by atoms with Crippen LogP contribution in [0.5, 0.6) is 0 Å². The van der Waals surface area contributed by atoms with Crippen LogP contribution in [0.3, 0.4) is 0 Å². The number of nitrogens with one attached hydrogen (secondary N) is 2. The quantitative estimate of drug-likeness (QED) is 0.557. The number of esters is 1. The molecule has 164 valence electrons. The first-order chi connectivity index (χ1) is 15.4. The van der Waals surface area contributed by atoms with Crippen molar-refractivity contribution in [3.05, 3.63) is 75.8 Å². The SMILES string of the molecule is COC(=O)c1ccc(NC(=O)C2CCCc3sc(NC(=O)c4ccc(C)cc4)nc32)cc1. The van der Waals surface area contributed by atoms with E-state index in [1.54, 1.807) is 36.4 Å². The van der Waals surface area contributed by atoms with E-state index in [1.165, 1.54) is 18.4 Å². The number of thiazole rings is 1. The Labute approximate surface area is 189 Å². The van der Waals surface area contributed by atoms with Crippen LogP contribution in [0.2, 0.25) is 0 Å². The number of methoxy groups -OCH3 is 1. The maximum atomic E-state index is 13.0. The average Bonchev–Trinajstić information content (AvgIpc) is 3.21. The molecule has 2 amide bonds. The number of fused-ring (bicyclic) bond motifs is 1. The van der Waals surface area contributed by atoms with Crippen LogP contribution in [-0.2, 0) is 16.0 Å². The van der Waals surface area contributed by atoms with E-state index >= 15 is 0 Å². The lowest BCUT2D eigenvalue weighted by molar-refractivity contribution is -0.117. The van der Waals surface area contributed by atoms with E-state index in [1.807, 2.05) is 19.1 Å². The molecule has 4 rings (SSSR count). The third-order valence-electron chi connectivity index (χ3n) is 5.38. The molecule has 0 aliphatic heterocycles. The highest BCUT2D eigenvalue weighted by molar-refractivity contribution is 7.16. The van der Waals surface area contributed by atoms with Crippen molar-refractivity contribution in [1.29, 1.82) is 0 Å². The smallest absolute Gasteiger partial charge is 0.337 e. The summed E-state index contributed by atoms with van der Waals surface area (Å²) < 4.78 is 4.69. The van der Waals surface area contributed by atoms with Crippen molar-refractivity contribution < 1.29 is 19.1 Å². The second-order valence-corrected chi connectivity index (χ2v) is 8.73. The van der Waals surface area contributed by atoms with Gasteiger partial charge in [0.25, 0.3) is 5.91 Å². The van der Waals surface area contributed by atoms with Gasteiger partial charge in [0, 0.05) is 16.1 Å². The van der Waals surface area contributed by atoms with E-state index in [0.717, 1.165) is 29.0 Å². The fourth-order valence-corrected chi connectivity index (χ4v) is 4.70. The molecule has 32 heavy (non-hydrogen) atoms. The molecule has 1 atom stereocenters. The van der Waals surface area contributed by atoms with Crippen molar-refractivity contribution in [2.45, 2.75) is 32.1 Å². The normalized spacial score (nSPS) is 14.9. The molecule has 0 saturated carbocycles. The van der Waals surface area contributed by atoms with Crippen LogP contribution in [0, 0.1) is 6.92 Å². The van der Waals surface area contributed by atoms with Crippen LogP contribution in [0.1, 0.15) is 55.6 Å². The van der Waals surface area contributed by atoms with Crippen molar-refractivity contribution in [1.82, 2.24) is 4.98 Å². The van der Waals surface area contributed by atoms with Crippen LogP contribution in [0.4, 0.5) is 10.8 Å². The Morgan fingerprint density at radius 3 is 2.38 bits per heavy atom. The lowest BCUT2D eigenvalue weighted by Gasteiger charge is -2.20. The summed E-state index contributed by atoms with van der Waals surface area (Å²) in [5.41, 5.74) is 3.38. The minimum atomic E-state index is -0.428. The van der Waals surface area contributed by atoms with Crippen molar-refractivity contribution in [3.8, 4) is 0 Å². The summed E-state index contributed by atoms with van der Waals surface area (Å²) in [5, 5.41) is 6.27. The van der Waals surface area contributed by atoms with Gasteiger partial charge in [-0.05, 0) is 62.6 Å². The minimum absolute atomic E-state index is 0.154. The molecule has 0 bridgehead atoms. The first kappa shape index (κ1) is 21.7. The molecule has 0 radical (unpaired) electrons. The van der Waals surface area contributed by atoms with Crippen molar-refractivity contribution in [2.24, 2.45) is 0 Å². The number of benzene rings is 2. The van der Waals surface area contributed by atoms with Crippen LogP contribution >= 0.6 is 11.3 Å². The highest BCUT2D eigenvalue weighted by Crippen LogP contribution is 2.37. The topological polar surface area (TPSA) is 97.4 Å². The van der Waals surface area contributed by atoms with Gasteiger partial charge >= 0.3 is 5.97 Å². The zero-order chi connectivity index (χ0) is 22.7. The molecule has 2 aromatic carbocycles. The summed E-state index contributed by atoms with van der Waals surface area (Å²) in [6.07, 6.45) is 2.40. The lowest BCUT2D eigenvalue weighted by atomic mass is 9.90. The Morgan fingerprint density at radius 2 is 1.69 bits per heavy atom. The van der Waals surface area contributed by atoms with Gasteiger partial charge in [-0.3, -0.25) is 14.9 Å². The maximum Gasteiger partial charge on any atom is 0.337 e. The molecular weight excluding hydrogens is 426 g/mol. The van der Waals surface area contributed by atoms with Crippen molar-refractivity contribution in [2.75, 3.05) is 17.7 Å². The van der Waals surface area contributed by atoms with E-state index in [0.29, 0.717) is 28.4 Å². The number of carbonyl (C=O) groups excluding carboxylic acids is 3. The number of anilines is 2. The van der Waals surface area contributed by atoms with Gasteiger partial charge < -0.3 is 10.1 Å². The number of aromatic nitrogens is 1. The Kier molecular flexibility index (Phi) is 6.32. The predicted octanol–water partition coefficient (Wildman–Crippen LogP) is 4.55. The predicted molar refractivity (Wildman–Crippen MR) is 123 cm³/mol. The number of rotatable bonds is 5. The number of aryl methyl sites for hydroxylation is 2. The lowest BCUT2D eigenvalue weighted by Crippen LogP contribution is -2.24. The highest BCUT2D eigenvalue weighted by atomic mass is 32.1. The third-order valence-corrected chi connectivity index (χ3v) is 6.42. The third kappa shape index (κ3) is 4.70. The van der Waals surface area contributed by atoms with Crippen molar-refractivity contribution in [3.63, 3.8) is 0 Å². The van der Waals surface area contributed by atoms with Crippen LogP contribution in [0.25, 0.3) is 0 Å². The molecular formula is C24H23N3O4S. The van der Waals surface area contributed by atoms with Gasteiger partial charge in [-0.2, -0.15) is 0 Å². The monoisotopic (exact) mass is 449 g/mol. The number of ether oxygens (including phenoxy) is 1. The number of nitrogens with zero attached hydrogens (tertiary/aromatic N) is 1. The van der Waals surface area contributed by atoms with Gasteiger partial charge in [-0.1, -0.05) is 17.7 Å². The molecule has 1 unspecified atom stereocenters. The summed E-state index contributed by atoms with van der Waals surface area (Å²) in [7, 11) is 1.32. The van der Waals surface area contributed by atoms with Gasteiger partial charge in [0.15, 0.2) is 5.13 Å². The molecule has 1 aliphatic rings. The van der Waals surface area contributed by atoms with Crippen LogP contribution in [0.15, 0.2) is 48.5 Å². The Bertz CT molecular complexity index is 1150. The van der Waals surface area contributed by atoms with Gasteiger partial charge in [-0.25, -0.2) is 9.78 Å². The van der Waals surface area contributed by atoms with E-state index in [4.69, 9.17) is 4.74 Å². The largest absolute Gasteiger partial charge is 0.465 e. The molecule has 0 spiro atoms. The maximum absolute atomic E-state index is 13.0. The number of carbonyl (C=O) groups is 3. The molecule has 1 heterocycles. The Balaban J connectivity index is 1.46. The summed E-state index contributed by atoms with van der Waals surface area (Å²) in [5.74, 6) is -1.19.